The monoisotopic (exact) mass is 479 g/mol. The molecule has 1 aromatic rings. The highest BCUT2D eigenvalue weighted by Gasteiger charge is 2.30. The number of piperazine rings is 1. The molecule has 9 nitrogen and oxygen atoms in total. The van der Waals surface area contributed by atoms with E-state index in [0.29, 0.717) is 19.0 Å². The summed E-state index contributed by atoms with van der Waals surface area (Å²) in [7, 11) is -3.83. The summed E-state index contributed by atoms with van der Waals surface area (Å²) in [6.07, 6.45) is 3.20. The quantitative estimate of drug-likeness (QED) is 0.623. The molecule has 182 valence electrons. The maximum atomic E-state index is 13.0. The first-order chi connectivity index (χ1) is 15.6. The van der Waals surface area contributed by atoms with Crippen molar-refractivity contribution in [2.24, 2.45) is 5.92 Å². The SMILES string of the molecule is CC(=O)N1CCN(S(=O)(=O)c2cccc(C(=O)OC(C)C(=O)NC3CCCCC3C)c2)CC1. The van der Waals surface area contributed by atoms with E-state index in [1.54, 1.807) is 4.90 Å². The maximum absolute atomic E-state index is 13.0. The Balaban J connectivity index is 1.63. The molecule has 3 unspecified atom stereocenters. The lowest BCUT2D eigenvalue weighted by molar-refractivity contribution is -0.130. The Morgan fingerprint density at radius 3 is 2.39 bits per heavy atom. The topological polar surface area (TPSA) is 113 Å². The van der Waals surface area contributed by atoms with Gasteiger partial charge < -0.3 is 15.0 Å². The van der Waals surface area contributed by atoms with Crippen LogP contribution in [0.15, 0.2) is 29.2 Å². The van der Waals surface area contributed by atoms with Gasteiger partial charge in [-0.1, -0.05) is 25.8 Å². The van der Waals surface area contributed by atoms with E-state index in [0.717, 1.165) is 25.7 Å². The molecule has 1 aliphatic heterocycles. The predicted octanol–water partition coefficient (Wildman–Crippen LogP) is 1.78. The fourth-order valence-corrected chi connectivity index (χ4v) is 5.76. The van der Waals surface area contributed by atoms with E-state index < -0.39 is 22.1 Å². The van der Waals surface area contributed by atoms with Gasteiger partial charge in [0.2, 0.25) is 15.9 Å². The Morgan fingerprint density at radius 1 is 1.09 bits per heavy atom. The molecule has 3 rings (SSSR count). The summed E-state index contributed by atoms with van der Waals surface area (Å²) >= 11 is 0. The number of hydrogen-bond donors (Lipinski definition) is 1. The molecule has 33 heavy (non-hydrogen) atoms. The molecular weight excluding hydrogens is 446 g/mol. The average Bonchev–Trinajstić information content (AvgIpc) is 2.80. The van der Waals surface area contributed by atoms with E-state index >= 15 is 0 Å². The van der Waals surface area contributed by atoms with Gasteiger partial charge in [-0.05, 0) is 43.9 Å². The lowest BCUT2D eigenvalue weighted by atomic mass is 9.86. The third kappa shape index (κ3) is 6.11. The summed E-state index contributed by atoms with van der Waals surface area (Å²) < 4.78 is 32.7. The van der Waals surface area contributed by atoms with Crippen LogP contribution in [-0.4, -0.2) is 73.7 Å². The molecule has 1 saturated heterocycles. The van der Waals surface area contributed by atoms with Crippen molar-refractivity contribution in [1.82, 2.24) is 14.5 Å². The molecule has 1 aromatic carbocycles. The Bertz CT molecular complexity index is 988. The van der Waals surface area contributed by atoms with Gasteiger partial charge in [0, 0.05) is 39.1 Å². The standard InChI is InChI=1S/C23H33N3O6S/c1-16-7-4-5-10-21(16)24-22(28)17(2)32-23(29)19-8-6-9-20(15-19)33(30,31)26-13-11-25(12-14-26)18(3)27/h6,8-9,15-17,21H,4-5,7,10-14H2,1-3H3,(H,24,28). The summed E-state index contributed by atoms with van der Waals surface area (Å²) in [5, 5.41) is 2.97. The van der Waals surface area contributed by atoms with Crippen LogP contribution >= 0.6 is 0 Å². The Labute approximate surface area is 195 Å². The first-order valence-electron chi connectivity index (χ1n) is 11.5. The van der Waals surface area contributed by atoms with E-state index in [-0.39, 0.29) is 41.4 Å². The summed E-state index contributed by atoms with van der Waals surface area (Å²) in [5.41, 5.74) is 0.0594. The van der Waals surface area contributed by atoms with Crippen LogP contribution in [0.2, 0.25) is 0 Å². The van der Waals surface area contributed by atoms with E-state index in [4.69, 9.17) is 4.74 Å². The van der Waals surface area contributed by atoms with Gasteiger partial charge in [-0.25, -0.2) is 13.2 Å². The van der Waals surface area contributed by atoms with Crippen LogP contribution in [0.1, 0.15) is 56.8 Å². The van der Waals surface area contributed by atoms with Gasteiger partial charge >= 0.3 is 5.97 Å². The number of hydrogen-bond acceptors (Lipinski definition) is 6. The molecule has 0 radical (unpaired) electrons. The van der Waals surface area contributed by atoms with Crippen molar-refractivity contribution in [3.63, 3.8) is 0 Å². The molecule has 3 atom stereocenters. The summed E-state index contributed by atoms with van der Waals surface area (Å²) in [6.45, 7) is 6.09. The number of rotatable bonds is 6. The maximum Gasteiger partial charge on any atom is 0.338 e. The first kappa shape index (κ1) is 25.2. The minimum Gasteiger partial charge on any atom is -0.449 e. The molecule has 1 aliphatic carbocycles. The van der Waals surface area contributed by atoms with Crippen molar-refractivity contribution in [2.75, 3.05) is 26.2 Å². The Morgan fingerprint density at radius 2 is 1.76 bits per heavy atom. The molecule has 1 saturated carbocycles. The van der Waals surface area contributed by atoms with E-state index in [1.165, 1.54) is 42.4 Å². The summed E-state index contributed by atoms with van der Waals surface area (Å²) in [4.78, 5) is 38.2. The molecule has 2 aliphatic rings. The Hall–Kier alpha value is -2.46. The van der Waals surface area contributed by atoms with E-state index in [2.05, 4.69) is 12.2 Å². The number of sulfonamides is 1. The highest BCUT2D eigenvalue weighted by Crippen LogP contribution is 2.24. The number of ether oxygens (including phenoxy) is 1. The van der Waals surface area contributed by atoms with Crippen molar-refractivity contribution < 1.29 is 27.5 Å². The van der Waals surface area contributed by atoms with Gasteiger partial charge in [-0.2, -0.15) is 4.31 Å². The van der Waals surface area contributed by atoms with Crippen LogP contribution in [0.25, 0.3) is 0 Å². The van der Waals surface area contributed by atoms with Crippen molar-refractivity contribution in [1.29, 1.82) is 0 Å². The number of nitrogens with one attached hydrogen (secondary N) is 1. The van der Waals surface area contributed by atoms with Crippen LogP contribution in [-0.2, 0) is 24.3 Å². The van der Waals surface area contributed by atoms with Gasteiger partial charge in [0.25, 0.3) is 5.91 Å². The second-order valence-corrected chi connectivity index (χ2v) is 10.8. The minimum absolute atomic E-state index is 0.0265. The number of carbonyl (C=O) groups excluding carboxylic acids is 3. The highest BCUT2D eigenvalue weighted by atomic mass is 32.2. The largest absolute Gasteiger partial charge is 0.449 e. The van der Waals surface area contributed by atoms with Gasteiger partial charge in [0.1, 0.15) is 0 Å². The summed E-state index contributed by atoms with van der Waals surface area (Å²) in [5.74, 6) is -0.820. The van der Waals surface area contributed by atoms with Crippen LogP contribution in [0.4, 0.5) is 0 Å². The number of amides is 2. The lowest BCUT2D eigenvalue weighted by Crippen LogP contribution is -2.49. The average molecular weight is 480 g/mol. The Kier molecular flexibility index (Phi) is 8.12. The first-order valence-corrected chi connectivity index (χ1v) is 12.9. The molecule has 0 bridgehead atoms. The van der Waals surface area contributed by atoms with Gasteiger partial charge in [-0.15, -0.1) is 0 Å². The third-order valence-corrected chi connectivity index (χ3v) is 8.38. The van der Waals surface area contributed by atoms with Crippen LogP contribution in [0.3, 0.4) is 0 Å². The number of nitrogens with zero attached hydrogens (tertiary/aromatic N) is 2. The van der Waals surface area contributed by atoms with E-state index in [1.807, 2.05) is 0 Å². The van der Waals surface area contributed by atoms with Crippen molar-refractivity contribution in [3.8, 4) is 0 Å². The zero-order chi connectivity index (χ0) is 24.2. The molecule has 2 amide bonds. The predicted molar refractivity (Wildman–Crippen MR) is 122 cm³/mol. The minimum atomic E-state index is -3.83. The van der Waals surface area contributed by atoms with Gasteiger partial charge in [0.05, 0.1) is 10.5 Å². The van der Waals surface area contributed by atoms with Gasteiger partial charge in [-0.3, -0.25) is 9.59 Å². The van der Waals surface area contributed by atoms with Crippen LogP contribution in [0, 0.1) is 5.92 Å². The molecular formula is C23H33N3O6S. The normalized spacial score (nSPS) is 22.9. The number of esters is 1. The van der Waals surface area contributed by atoms with Crippen molar-refractivity contribution in [3.05, 3.63) is 29.8 Å². The lowest BCUT2D eigenvalue weighted by Gasteiger charge is -2.33. The second kappa shape index (κ2) is 10.6. The molecule has 0 aromatic heterocycles. The second-order valence-electron chi connectivity index (χ2n) is 8.86. The van der Waals surface area contributed by atoms with Crippen LogP contribution < -0.4 is 5.32 Å². The fourth-order valence-electron chi connectivity index (χ4n) is 4.29. The molecule has 0 spiro atoms. The smallest absolute Gasteiger partial charge is 0.338 e. The van der Waals surface area contributed by atoms with Crippen molar-refractivity contribution >= 4 is 27.8 Å². The molecule has 1 heterocycles. The molecule has 1 N–H and O–H groups in total. The van der Waals surface area contributed by atoms with Crippen molar-refractivity contribution in [2.45, 2.75) is 63.5 Å². The summed E-state index contributed by atoms with van der Waals surface area (Å²) in [6, 6.07) is 5.70. The zero-order valence-corrected chi connectivity index (χ0v) is 20.3. The highest BCUT2D eigenvalue weighted by molar-refractivity contribution is 7.89. The fraction of sp³-hybridized carbons (Fsp3) is 0.609. The zero-order valence-electron chi connectivity index (χ0n) is 19.5. The number of carbonyl (C=O) groups is 3. The molecule has 10 heteroatoms. The number of benzene rings is 1. The molecule has 2 fully saturated rings. The van der Waals surface area contributed by atoms with E-state index in [9.17, 15) is 22.8 Å². The van der Waals surface area contributed by atoms with Gasteiger partial charge in [0.15, 0.2) is 6.10 Å². The third-order valence-electron chi connectivity index (χ3n) is 6.48. The van der Waals surface area contributed by atoms with Crippen LogP contribution in [0.5, 0.6) is 0 Å².